The molecule has 0 saturated carbocycles. The Hall–Kier alpha value is -0.180. The Labute approximate surface area is 204 Å². The van der Waals surface area contributed by atoms with Gasteiger partial charge in [0.1, 0.15) is 0 Å². The molecule has 0 saturated heterocycles. The zero-order valence-electron chi connectivity index (χ0n) is 22.8. The van der Waals surface area contributed by atoms with E-state index in [0.29, 0.717) is 11.8 Å². The summed E-state index contributed by atoms with van der Waals surface area (Å²) in [6.07, 6.45) is 20.4. The van der Waals surface area contributed by atoms with Gasteiger partial charge in [-0.3, -0.25) is 0 Å². The highest BCUT2D eigenvalue weighted by Gasteiger charge is 2.36. The molecule has 0 aromatic rings. The van der Waals surface area contributed by atoms with Crippen molar-refractivity contribution in [3.63, 3.8) is 0 Å². The van der Waals surface area contributed by atoms with Gasteiger partial charge in [0.15, 0.2) is 0 Å². The van der Waals surface area contributed by atoms with Gasteiger partial charge in [0.25, 0.3) is 0 Å². The molecule has 2 unspecified atom stereocenters. The number of allylic oxidation sites excluding steroid dienone is 8. The SMILES string of the molecule is CC(C)CP(CC(C)C)[C@@H](C)C1=CC=CC1C1C=CC=C1[C@H](C)P(CC(C)C)CC(C)C. The summed E-state index contributed by atoms with van der Waals surface area (Å²) in [5.41, 5.74) is 4.91. The lowest BCUT2D eigenvalue weighted by molar-refractivity contribution is 0.592. The van der Waals surface area contributed by atoms with Crippen LogP contribution in [0.15, 0.2) is 47.6 Å². The van der Waals surface area contributed by atoms with Gasteiger partial charge in [0, 0.05) is 11.8 Å². The van der Waals surface area contributed by atoms with Gasteiger partial charge in [-0.05, 0) is 59.6 Å². The van der Waals surface area contributed by atoms with E-state index in [-0.39, 0.29) is 15.8 Å². The van der Waals surface area contributed by atoms with Crippen molar-refractivity contribution in [3.05, 3.63) is 47.6 Å². The van der Waals surface area contributed by atoms with E-state index in [0.717, 1.165) is 35.0 Å². The molecule has 0 radical (unpaired) electrons. The van der Waals surface area contributed by atoms with Gasteiger partial charge < -0.3 is 0 Å². The van der Waals surface area contributed by atoms with Crippen molar-refractivity contribution in [2.24, 2.45) is 35.5 Å². The molecule has 2 rings (SSSR count). The molecule has 0 amide bonds. The standard InChI is InChI=1S/C30H52P2/c1-21(2)17-31(18-22(3)4)25(9)27-13-11-15-29(27)30-16-12-14-28(30)26(10)32(19-23(5)6)20-24(7)8/h11-16,21-26,29-30H,17-20H2,1-10H3/t25-,26-,29?,30?/m0/s1. The fourth-order valence-electron chi connectivity index (χ4n) is 5.59. The summed E-state index contributed by atoms with van der Waals surface area (Å²) in [6, 6.07) is 0. The lowest BCUT2D eigenvalue weighted by Crippen LogP contribution is -2.25. The first kappa shape index (κ1) is 28.1. The first-order valence-electron chi connectivity index (χ1n) is 13.3. The van der Waals surface area contributed by atoms with Crippen LogP contribution in [0, 0.1) is 35.5 Å². The van der Waals surface area contributed by atoms with Gasteiger partial charge in [-0.2, -0.15) is 0 Å². The van der Waals surface area contributed by atoms with Crippen molar-refractivity contribution in [1.29, 1.82) is 0 Å². The highest BCUT2D eigenvalue weighted by Crippen LogP contribution is 2.55. The molecule has 0 nitrogen and oxygen atoms in total. The summed E-state index contributed by atoms with van der Waals surface area (Å²) in [4.78, 5) is 0. The van der Waals surface area contributed by atoms with E-state index in [2.05, 4.69) is 106 Å². The number of hydrogen-bond acceptors (Lipinski definition) is 0. The molecule has 0 bridgehead atoms. The van der Waals surface area contributed by atoms with Crippen LogP contribution >= 0.6 is 15.8 Å². The van der Waals surface area contributed by atoms with Gasteiger partial charge in [-0.15, -0.1) is 0 Å². The van der Waals surface area contributed by atoms with E-state index in [1.165, 1.54) is 24.6 Å². The van der Waals surface area contributed by atoms with Gasteiger partial charge in [-0.25, -0.2) is 0 Å². The van der Waals surface area contributed by atoms with Crippen LogP contribution in [0.4, 0.5) is 0 Å². The Kier molecular flexibility index (Phi) is 11.4. The topological polar surface area (TPSA) is 0 Å². The first-order valence-corrected chi connectivity index (χ1v) is 16.8. The predicted molar refractivity (Wildman–Crippen MR) is 153 cm³/mol. The largest absolute Gasteiger partial charge is 0.0991 e. The van der Waals surface area contributed by atoms with E-state index in [1.807, 2.05) is 0 Å². The molecule has 32 heavy (non-hydrogen) atoms. The van der Waals surface area contributed by atoms with Gasteiger partial charge >= 0.3 is 0 Å². The smallest absolute Gasteiger partial charge is 0.00899 e. The molecule has 0 aromatic carbocycles. The Bertz CT molecular complexity index is 612. The van der Waals surface area contributed by atoms with E-state index in [9.17, 15) is 0 Å². The molecule has 0 heterocycles. The van der Waals surface area contributed by atoms with Crippen molar-refractivity contribution in [2.45, 2.75) is 80.6 Å². The van der Waals surface area contributed by atoms with Crippen molar-refractivity contribution in [1.82, 2.24) is 0 Å². The summed E-state index contributed by atoms with van der Waals surface area (Å²) in [5.74, 6) is 4.36. The Balaban J connectivity index is 2.21. The quantitative estimate of drug-likeness (QED) is 0.233. The van der Waals surface area contributed by atoms with Crippen LogP contribution in [0.1, 0.15) is 69.2 Å². The molecular formula is C30H52P2. The second-order valence-electron chi connectivity index (χ2n) is 12.0. The van der Waals surface area contributed by atoms with Gasteiger partial charge in [-0.1, -0.05) is 133 Å². The van der Waals surface area contributed by atoms with Crippen LogP contribution in [-0.2, 0) is 0 Å². The molecule has 0 fully saturated rings. The highest BCUT2D eigenvalue weighted by atomic mass is 31.1. The van der Waals surface area contributed by atoms with Crippen LogP contribution < -0.4 is 0 Å². The zero-order chi connectivity index (χ0) is 24.0. The van der Waals surface area contributed by atoms with Gasteiger partial charge in [0.2, 0.25) is 0 Å². The van der Waals surface area contributed by atoms with Crippen LogP contribution in [0.25, 0.3) is 0 Å². The molecular weight excluding hydrogens is 422 g/mol. The second kappa shape index (κ2) is 13.1. The van der Waals surface area contributed by atoms with Crippen molar-refractivity contribution < 1.29 is 0 Å². The molecule has 0 spiro atoms. The average Bonchev–Trinajstić information content (AvgIpc) is 3.33. The fourth-order valence-corrected chi connectivity index (χ4v) is 12.3. The summed E-state index contributed by atoms with van der Waals surface area (Å²) in [6.45, 7) is 24.4. The molecule has 4 atom stereocenters. The lowest BCUT2D eigenvalue weighted by Gasteiger charge is -2.36. The Morgan fingerprint density at radius 3 is 1.06 bits per heavy atom. The van der Waals surface area contributed by atoms with Crippen LogP contribution in [0.5, 0.6) is 0 Å². The second-order valence-corrected chi connectivity index (χ2v) is 17.4. The summed E-state index contributed by atoms with van der Waals surface area (Å²) >= 11 is 0. The third-order valence-electron chi connectivity index (χ3n) is 6.83. The minimum atomic E-state index is 0.0339. The van der Waals surface area contributed by atoms with E-state index in [1.54, 1.807) is 11.1 Å². The molecule has 182 valence electrons. The minimum Gasteiger partial charge on any atom is -0.0991 e. The monoisotopic (exact) mass is 474 g/mol. The van der Waals surface area contributed by atoms with Gasteiger partial charge in [0.05, 0.1) is 0 Å². The fraction of sp³-hybridized carbons (Fsp3) is 0.733. The molecule has 2 aliphatic carbocycles. The summed E-state index contributed by atoms with van der Waals surface area (Å²) in [7, 11) is 0.0678. The van der Waals surface area contributed by atoms with E-state index < -0.39 is 0 Å². The van der Waals surface area contributed by atoms with Crippen molar-refractivity contribution in [2.75, 3.05) is 24.6 Å². The van der Waals surface area contributed by atoms with Crippen LogP contribution in [0.2, 0.25) is 0 Å². The number of rotatable bonds is 13. The lowest BCUT2D eigenvalue weighted by atomic mass is 9.82. The molecule has 0 N–H and O–H groups in total. The number of hydrogen-bond donors (Lipinski definition) is 0. The molecule has 0 aliphatic heterocycles. The molecule has 2 aliphatic rings. The summed E-state index contributed by atoms with van der Waals surface area (Å²) < 4.78 is 0. The van der Waals surface area contributed by atoms with E-state index in [4.69, 9.17) is 0 Å². The van der Waals surface area contributed by atoms with Crippen LogP contribution in [-0.4, -0.2) is 36.0 Å². The third-order valence-corrected chi connectivity index (χ3v) is 14.4. The first-order chi connectivity index (χ1) is 15.0. The molecule has 2 heteroatoms. The Morgan fingerprint density at radius 2 is 0.812 bits per heavy atom. The molecule has 0 aromatic heterocycles. The van der Waals surface area contributed by atoms with Crippen molar-refractivity contribution in [3.8, 4) is 0 Å². The van der Waals surface area contributed by atoms with Crippen molar-refractivity contribution >= 4 is 15.8 Å². The highest BCUT2D eigenvalue weighted by molar-refractivity contribution is 7.59. The summed E-state index contributed by atoms with van der Waals surface area (Å²) in [5, 5.41) is 0. The Morgan fingerprint density at radius 1 is 0.531 bits per heavy atom. The zero-order valence-corrected chi connectivity index (χ0v) is 24.6. The maximum atomic E-state index is 2.55. The maximum absolute atomic E-state index is 2.55. The maximum Gasteiger partial charge on any atom is 0.00899 e. The van der Waals surface area contributed by atoms with Crippen LogP contribution in [0.3, 0.4) is 0 Å². The predicted octanol–water partition coefficient (Wildman–Crippen LogP) is 9.58. The normalized spacial score (nSPS) is 22.9. The average molecular weight is 475 g/mol. The minimum absolute atomic E-state index is 0.0339. The van der Waals surface area contributed by atoms with E-state index >= 15 is 0 Å². The third kappa shape index (κ3) is 7.95.